The Labute approximate surface area is 170 Å². The van der Waals surface area contributed by atoms with Crippen molar-refractivity contribution in [1.82, 2.24) is 24.8 Å². The molecule has 1 amide bonds. The molecule has 1 fully saturated rings. The lowest BCUT2D eigenvalue weighted by atomic mass is 10.1. The lowest BCUT2D eigenvalue weighted by molar-refractivity contribution is 0.0720. The maximum atomic E-state index is 13.2. The zero-order valence-electron chi connectivity index (χ0n) is 17.5. The fraction of sp³-hybridized carbons (Fsp3) is 0.524. The standard InChI is InChI=1S/C21H28N6O2/c1-13-14(2)22-19(24-20(13)26-9-7-16(12-26)25(3)4)21(29)27-10-8-17-15(11-27)5-6-18(28)23-17/h5-6,16H,7-12H2,1-4H3,(H,23,28)/t16-/m1/s1. The second kappa shape index (κ2) is 7.59. The van der Waals surface area contributed by atoms with Crippen LogP contribution >= 0.6 is 0 Å². The number of aromatic nitrogens is 3. The first-order valence-corrected chi connectivity index (χ1v) is 10.1. The molecule has 8 nitrogen and oxygen atoms in total. The molecule has 0 spiro atoms. The molecule has 0 bridgehead atoms. The van der Waals surface area contributed by atoms with E-state index < -0.39 is 0 Å². The average molecular weight is 396 g/mol. The van der Waals surface area contributed by atoms with Crippen molar-refractivity contribution in [3.8, 4) is 0 Å². The molecular weight excluding hydrogens is 368 g/mol. The molecule has 1 N–H and O–H groups in total. The van der Waals surface area contributed by atoms with Crippen molar-refractivity contribution in [2.24, 2.45) is 0 Å². The third-order valence-corrected chi connectivity index (χ3v) is 6.13. The third-order valence-electron chi connectivity index (χ3n) is 6.13. The van der Waals surface area contributed by atoms with Crippen molar-refractivity contribution in [3.05, 3.63) is 50.8 Å². The van der Waals surface area contributed by atoms with E-state index in [1.165, 1.54) is 6.07 Å². The number of fused-ring (bicyclic) bond motifs is 1. The first kappa shape index (κ1) is 19.6. The largest absolute Gasteiger partial charge is 0.355 e. The summed E-state index contributed by atoms with van der Waals surface area (Å²) in [5.74, 6) is 0.964. The van der Waals surface area contributed by atoms with E-state index in [0.29, 0.717) is 25.6 Å². The molecule has 1 saturated heterocycles. The summed E-state index contributed by atoms with van der Waals surface area (Å²) in [6.07, 6.45) is 1.71. The van der Waals surface area contributed by atoms with Gasteiger partial charge >= 0.3 is 0 Å². The van der Waals surface area contributed by atoms with Gasteiger partial charge in [0.1, 0.15) is 5.82 Å². The maximum Gasteiger partial charge on any atom is 0.292 e. The molecule has 4 rings (SSSR count). The molecule has 0 aliphatic carbocycles. The van der Waals surface area contributed by atoms with Crippen LogP contribution < -0.4 is 10.5 Å². The molecule has 29 heavy (non-hydrogen) atoms. The van der Waals surface area contributed by atoms with Gasteiger partial charge in [0, 0.05) is 61.7 Å². The Morgan fingerprint density at radius 1 is 1.21 bits per heavy atom. The van der Waals surface area contributed by atoms with Gasteiger partial charge in [-0.3, -0.25) is 9.59 Å². The number of nitrogens with zero attached hydrogens (tertiary/aromatic N) is 5. The van der Waals surface area contributed by atoms with Gasteiger partial charge in [0.05, 0.1) is 0 Å². The Kier molecular flexibility index (Phi) is 5.12. The van der Waals surface area contributed by atoms with Crippen LogP contribution in [-0.4, -0.2) is 70.4 Å². The predicted molar refractivity (Wildman–Crippen MR) is 111 cm³/mol. The minimum atomic E-state index is -0.158. The molecule has 0 radical (unpaired) electrons. The highest BCUT2D eigenvalue weighted by molar-refractivity contribution is 5.91. The van der Waals surface area contributed by atoms with Gasteiger partial charge in [0.25, 0.3) is 5.91 Å². The molecule has 2 aliphatic heterocycles. The smallest absolute Gasteiger partial charge is 0.292 e. The molecule has 2 aromatic heterocycles. The van der Waals surface area contributed by atoms with Crippen molar-refractivity contribution < 1.29 is 4.79 Å². The van der Waals surface area contributed by atoms with Crippen LogP contribution in [0.15, 0.2) is 16.9 Å². The molecule has 4 heterocycles. The Hall–Kier alpha value is -2.74. The van der Waals surface area contributed by atoms with E-state index in [2.05, 4.69) is 33.9 Å². The van der Waals surface area contributed by atoms with Crippen LogP contribution in [0.25, 0.3) is 0 Å². The fourth-order valence-corrected chi connectivity index (χ4v) is 4.14. The van der Waals surface area contributed by atoms with Crippen molar-refractivity contribution in [2.75, 3.05) is 38.6 Å². The van der Waals surface area contributed by atoms with Crippen LogP contribution in [0.3, 0.4) is 0 Å². The number of anilines is 1. The van der Waals surface area contributed by atoms with Gasteiger partial charge in [-0.2, -0.15) is 0 Å². The minimum Gasteiger partial charge on any atom is -0.355 e. The number of rotatable bonds is 3. The number of H-pyrrole nitrogens is 1. The van der Waals surface area contributed by atoms with Crippen LogP contribution in [0.5, 0.6) is 0 Å². The molecule has 1 atom stereocenters. The second-order valence-corrected chi connectivity index (χ2v) is 8.24. The van der Waals surface area contributed by atoms with Crippen LogP contribution in [0.4, 0.5) is 5.82 Å². The van der Waals surface area contributed by atoms with Gasteiger partial charge in [-0.1, -0.05) is 6.07 Å². The summed E-state index contributed by atoms with van der Waals surface area (Å²) in [5.41, 5.74) is 3.65. The van der Waals surface area contributed by atoms with Crippen molar-refractivity contribution in [3.63, 3.8) is 0 Å². The highest BCUT2D eigenvalue weighted by Crippen LogP contribution is 2.26. The van der Waals surface area contributed by atoms with Crippen LogP contribution in [0.2, 0.25) is 0 Å². The lowest BCUT2D eigenvalue weighted by Gasteiger charge is -2.28. The van der Waals surface area contributed by atoms with Gasteiger partial charge in [-0.25, -0.2) is 9.97 Å². The van der Waals surface area contributed by atoms with Crippen molar-refractivity contribution in [2.45, 2.75) is 39.3 Å². The number of hydrogen-bond donors (Lipinski definition) is 1. The monoisotopic (exact) mass is 396 g/mol. The van der Waals surface area contributed by atoms with Gasteiger partial charge in [0.15, 0.2) is 0 Å². The number of hydrogen-bond acceptors (Lipinski definition) is 6. The first-order chi connectivity index (χ1) is 13.8. The predicted octanol–water partition coefficient (Wildman–Crippen LogP) is 1.12. The molecule has 0 saturated carbocycles. The topological polar surface area (TPSA) is 85.4 Å². The highest BCUT2D eigenvalue weighted by atomic mass is 16.2. The first-order valence-electron chi connectivity index (χ1n) is 10.1. The SMILES string of the molecule is Cc1nc(C(=O)N2CCc3[nH]c(=O)ccc3C2)nc(N2CC[C@@H](N(C)C)C2)c1C. The van der Waals surface area contributed by atoms with E-state index >= 15 is 0 Å². The second-order valence-electron chi connectivity index (χ2n) is 8.24. The summed E-state index contributed by atoms with van der Waals surface area (Å²) in [5, 5.41) is 0. The quantitative estimate of drug-likeness (QED) is 0.837. The number of carbonyl (C=O) groups is 1. The van der Waals surface area contributed by atoms with E-state index in [9.17, 15) is 9.59 Å². The van der Waals surface area contributed by atoms with Gasteiger partial charge in [0.2, 0.25) is 11.4 Å². The maximum absolute atomic E-state index is 13.2. The zero-order valence-corrected chi connectivity index (χ0v) is 17.5. The van der Waals surface area contributed by atoms with E-state index in [-0.39, 0.29) is 17.3 Å². The molecule has 8 heteroatoms. The minimum absolute atomic E-state index is 0.104. The molecule has 2 aliphatic rings. The van der Waals surface area contributed by atoms with E-state index in [1.54, 1.807) is 11.0 Å². The summed E-state index contributed by atoms with van der Waals surface area (Å²) in [4.78, 5) is 43.0. The number of amides is 1. The Morgan fingerprint density at radius 2 is 2.00 bits per heavy atom. The third kappa shape index (κ3) is 3.76. The number of carbonyl (C=O) groups excluding carboxylic acids is 1. The molecule has 154 valence electrons. The van der Waals surface area contributed by atoms with E-state index in [1.807, 2.05) is 13.8 Å². The fourth-order valence-electron chi connectivity index (χ4n) is 4.14. The van der Waals surface area contributed by atoms with E-state index in [4.69, 9.17) is 4.98 Å². The Balaban J connectivity index is 1.59. The number of pyridine rings is 1. The number of aromatic amines is 1. The van der Waals surface area contributed by atoms with Crippen LogP contribution in [0, 0.1) is 13.8 Å². The van der Waals surface area contributed by atoms with Crippen molar-refractivity contribution in [1.29, 1.82) is 0 Å². The van der Waals surface area contributed by atoms with Gasteiger partial charge in [-0.05, 0) is 39.9 Å². The number of nitrogens with one attached hydrogen (secondary N) is 1. The lowest BCUT2D eigenvalue weighted by Crippen LogP contribution is -2.38. The highest BCUT2D eigenvalue weighted by Gasteiger charge is 2.29. The van der Waals surface area contributed by atoms with E-state index in [0.717, 1.165) is 47.8 Å². The number of likely N-dealkylation sites (N-methyl/N-ethyl adjacent to an activating group) is 1. The van der Waals surface area contributed by atoms with Crippen LogP contribution in [-0.2, 0) is 13.0 Å². The van der Waals surface area contributed by atoms with Crippen LogP contribution in [0.1, 0.15) is 39.6 Å². The summed E-state index contributed by atoms with van der Waals surface area (Å²) < 4.78 is 0. The Bertz CT molecular complexity index is 999. The molecule has 0 aromatic carbocycles. The van der Waals surface area contributed by atoms with Gasteiger partial charge < -0.3 is 19.7 Å². The zero-order chi connectivity index (χ0) is 20.7. The average Bonchev–Trinajstić information content (AvgIpc) is 3.19. The molecular formula is C21H28N6O2. The Morgan fingerprint density at radius 3 is 2.72 bits per heavy atom. The summed E-state index contributed by atoms with van der Waals surface area (Å²) in [6, 6.07) is 3.79. The normalized spacial score (nSPS) is 19.0. The number of aryl methyl sites for hydroxylation is 1. The summed E-state index contributed by atoms with van der Waals surface area (Å²) >= 11 is 0. The summed E-state index contributed by atoms with van der Waals surface area (Å²) in [6.45, 7) is 6.80. The van der Waals surface area contributed by atoms with Gasteiger partial charge in [-0.15, -0.1) is 0 Å². The molecule has 2 aromatic rings. The molecule has 0 unspecified atom stereocenters. The van der Waals surface area contributed by atoms with Crippen molar-refractivity contribution >= 4 is 11.7 Å². The summed E-state index contributed by atoms with van der Waals surface area (Å²) in [7, 11) is 4.20.